The number of rotatable bonds is 16. The molecule has 1 heterocycles. The van der Waals surface area contributed by atoms with Crippen LogP contribution in [0.2, 0.25) is 0 Å². The van der Waals surface area contributed by atoms with E-state index >= 15 is 0 Å². The Morgan fingerprint density at radius 3 is 2.30 bits per heavy atom. The molecule has 154 valence electrons. The summed E-state index contributed by atoms with van der Waals surface area (Å²) in [7, 11) is 0. The Morgan fingerprint density at radius 1 is 1.11 bits per heavy atom. The van der Waals surface area contributed by atoms with Crippen molar-refractivity contribution in [3.8, 4) is 0 Å². The summed E-state index contributed by atoms with van der Waals surface area (Å²) in [5.41, 5.74) is 6.05. The van der Waals surface area contributed by atoms with Crippen LogP contribution in [0.1, 0.15) is 90.9 Å². The SMILES string of the molecule is CCCCCCCCCCC/C=C/CCC1=NC=C[N+]1(CC(=O)[O-])C(C)N. The maximum Gasteiger partial charge on any atom is 0.209 e. The molecular formula is C22H39N3O2. The molecular weight excluding hydrogens is 338 g/mol. The normalized spacial score (nSPS) is 20.3. The average molecular weight is 378 g/mol. The minimum Gasteiger partial charge on any atom is -0.544 e. The zero-order chi connectivity index (χ0) is 20.0. The van der Waals surface area contributed by atoms with Gasteiger partial charge < -0.3 is 9.90 Å². The monoisotopic (exact) mass is 377 g/mol. The summed E-state index contributed by atoms with van der Waals surface area (Å²) in [5, 5.41) is 11.1. The molecule has 0 fully saturated rings. The standard InChI is InChI=1S/C22H39N3O2/c1-3-4-5-6-7-8-9-10-11-12-13-14-15-16-21-24-17-18-25(21,20(2)23)19-22(26)27/h13-14,17-18,20H,3-12,15-16,19,23H2,1-2H3/b14-13+. The van der Waals surface area contributed by atoms with Gasteiger partial charge in [0.25, 0.3) is 0 Å². The summed E-state index contributed by atoms with van der Waals surface area (Å²) >= 11 is 0. The fourth-order valence-electron chi connectivity index (χ4n) is 3.60. The largest absolute Gasteiger partial charge is 0.544 e. The molecule has 27 heavy (non-hydrogen) atoms. The van der Waals surface area contributed by atoms with E-state index in [1.54, 1.807) is 12.4 Å². The summed E-state index contributed by atoms with van der Waals surface area (Å²) in [6, 6.07) is 0. The molecule has 2 N–H and O–H groups in total. The van der Waals surface area contributed by atoms with Crippen LogP contribution in [0.15, 0.2) is 29.5 Å². The van der Waals surface area contributed by atoms with Crippen molar-refractivity contribution in [2.75, 3.05) is 6.54 Å². The summed E-state index contributed by atoms with van der Waals surface area (Å²) in [6.07, 6.45) is 22.3. The lowest BCUT2D eigenvalue weighted by Crippen LogP contribution is -2.60. The van der Waals surface area contributed by atoms with Crippen molar-refractivity contribution in [3.63, 3.8) is 0 Å². The lowest BCUT2D eigenvalue weighted by Gasteiger charge is -2.36. The van der Waals surface area contributed by atoms with E-state index in [-0.39, 0.29) is 17.2 Å². The van der Waals surface area contributed by atoms with Gasteiger partial charge in [0.1, 0.15) is 18.9 Å². The number of amidine groups is 1. The maximum atomic E-state index is 11.1. The van der Waals surface area contributed by atoms with E-state index in [2.05, 4.69) is 24.1 Å². The molecule has 2 unspecified atom stereocenters. The van der Waals surface area contributed by atoms with Crippen LogP contribution < -0.4 is 10.8 Å². The average Bonchev–Trinajstić information content (AvgIpc) is 3.02. The first-order valence-corrected chi connectivity index (χ1v) is 10.8. The van der Waals surface area contributed by atoms with Crippen LogP contribution in [0.3, 0.4) is 0 Å². The van der Waals surface area contributed by atoms with Gasteiger partial charge >= 0.3 is 0 Å². The predicted molar refractivity (Wildman–Crippen MR) is 111 cm³/mol. The van der Waals surface area contributed by atoms with Gasteiger partial charge in [-0.05, 0) is 19.3 Å². The number of carbonyl (C=O) groups excluding carboxylic acids is 1. The first-order chi connectivity index (χ1) is 13.0. The van der Waals surface area contributed by atoms with Crippen LogP contribution in [0, 0.1) is 0 Å². The smallest absolute Gasteiger partial charge is 0.209 e. The van der Waals surface area contributed by atoms with Gasteiger partial charge in [0.2, 0.25) is 5.84 Å². The Hall–Kier alpha value is -1.46. The Labute approximate surface area is 165 Å². The number of carbonyl (C=O) groups is 1. The number of nitrogens with two attached hydrogens (primary N) is 1. The molecule has 0 spiro atoms. The van der Waals surface area contributed by atoms with Crippen molar-refractivity contribution in [3.05, 3.63) is 24.6 Å². The van der Waals surface area contributed by atoms with Gasteiger partial charge in [0, 0.05) is 13.3 Å². The van der Waals surface area contributed by atoms with Gasteiger partial charge in [0.05, 0.1) is 12.2 Å². The Balaban J connectivity index is 2.15. The van der Waals surface area contributed by atoms with Crippen LogP contribution in [0.4, 0.5) is 0 Å². The second-order valence-electron chi connectivity index (χ2n) is 7.67. The highest BCUT2D eigenvalue weighted by molar-refractivity contribution is 5.81. The Bertz CT molecular complexity index is 512. The van der Waals surface area contributed by atoms with E-state index in [0.717, 1.165) is 25.1 Å². The van der Waals surface area contributed by atoms with Crippen molar-refractivity contribution >= 4 is 11.8 Å². The molecule has 0 aromatic carbocycles. The van der Waals surface area contributed by atoms with Crippen molar-refractivity contribution < 1.29 is 14.4 Å². The first kappa shape index (κ1) is 23.6. The van der Waals surface area contributed by atoms with Gasteiger partial charge in [-0.2, -0.15) is 0 Å². The highest BCUT2D eigenvalue weighted by Gasteiger charge is 2.38. The number of hydrogen-bond donors (Lipinski definition) is 1. The maximum absolute atomic E-state index is 11.1. The molecule has 0 saturated carbocycles. The van der Waals surface area contributed by atoms with Crippen molar-refractivity contribution in [1.29, 1.82) is 0 Å². The summed E-state index contributed by atoms with van der Waals surface area (Å²) in [5.74, 6) is -0.297. The fourth-order valence-corrected chi connectivity index (χ4v) is 3.60. The minimum absolute atomic E-state index is 0.0778. The van der Waals surface area contributed by atoms with Crippen LogP contribution >= 0.6 is 0 Å². The molecule has 0 saturated heterocycles. The van der Waals surface area contributed by atoms with Gasteiger partial charge in [-0.25, -0.2) is 9.48 Å². The van der Waals surface area contributed by atoms with E-state index in [1.165, 1.54) is 57.8 Å². The number of aliphatic carboxylic acids is 1. The number of carboxylic acids is 1. The number of unbranched alkanes of at least 4 members (excludes halogenated alkanes) is 9. The van der Waals surface area contributed by atoms with Crippen LogP contribution in [0.25, 0.3) is 0 Å². The number of carboxylic acid groups (broad SMARTS) is 1. The summed E-state index contributed by atoms with van der Waals surface area (Å²) in [6.45, 7) is 3.91. The van der Waals surface area contributed by atoms with Crippen LogP contribution in [0.5, 0.6) is 0 Å². The van der Waals surface area contributed by atoms with Crippen LogP contribution in [-0.4, -0.2) is 29.0 Å². The third-order valence-electron chi connectivity index (χ3n) is 5.33. The van der Waals surface area contributed by atoms with E-state index in [0.29, 0.717) is 0 Å². The molecule has 0 aromatic heterocycles. The van der Waals surface area contributed by atoms with Gasteiger partial charge in [0.15, 0.2) is 0 Å². The van der Waals surface area contributed by atoms with E-state index in [1.807, 2.05) is 6.92 Å². The predicted octanol–water partition coefficient (Wildman–Crippen LogP) is 4.00. The van der Waals surface area contributed by atoms with Gasteiger partial charge in [-0.3, -0.25) is 5.73 Å². The van der Waals surface area contributed by atoms with Gasteiger partial charge in [-0.1, -0.05) is 70.4 Å². The highest BCUT2D eigenvalue weighted by atomic mass is 16.4. The van der Waals surface area contributed by atoms with Crippen molar-refractivity contribution in [1.82, 2.24) is 0 Å². The highest BCUT2D eigenvalue weighted by Crippen LogP contribution is 2.22. The second kappa shape index (κ2) is 13.7. The molecule has 0 aliphatic carbocycles. The number of quaternary nitrogens is 1. The quantitative estimate of drug-likeness (QED) is 0.251. The number of allylic oxidation sites excluding steroid dienone is 2. The molecule has 1 aliphatic heterocycles. The first-order valence-electron chi connectivity index (χ1n) is 10.8. The fraction of sp³-hybridized carbons (Fsp3) is 0.727. The molecule has 5 nitrogen and oxygen atoms in total. The molecule has 0 aromatic rings. The Morgan fingerprint density at radius 2 is 1.70 bits per heavy atom. The van der Waals surface area contributed by atoms with E-state index in [4.69, 9.17) is 5.73 Å². The Kier molecular flexibility index (Phi) is 11.9. The van der Waals surface area contributed by atoms with Crippen LogP contribution in [-0.2, 0) is 4.79 Å². The third-order valence-corrected chi connectivity index (χ3v) is 5.33. The van der Waals surface area contributed by atoms with E-state index < -0.39 is 5.97 Å². The lowest BCUT2D eigenvalue weighted by atomic mass is 10.1. The number of nitrogens with zero attached hydrogens (tertiary/aromatic N) is 2. The minimum atomic E-state index is -1.10. The van der Waals surface area contributed by atoms with Crippen molar-refractivity contribution in [2.24, 2.45) is 10.7 Å². The second-order valence-corrected chi connectivity index (χ2v) is 7.67. The lowest BCUT2D eigenvalue weighted by molar-refractivity contribution is -0.808. The molecule has 5 heteroatoms. The molecule has 2 atom stereocenters. The van der Waals surface area contributed by atoms with Gasteiger partial charge in [-0.15, -0.1) is 0 Å². The molecule has 0 amide bonds. The number of hydrogen-bond acceptors (Lipinski definition) is 4. The van der Waals surface area contributed by atoms with E-state index in [9.17, 15) is 9.90 Å². The number of aliphatic imine (C=N–C) groups is 1. The topological polar surface area (TPSA) is 78.5 Å². The molecule has 1 aliphatic rings. The third kappa shape index (κ3) is 8.85. The summed E-state index contributed by atoms with van der Waals surface area (Å²) < 4.78 is 0.0778. The molecule has 0 radical (unpaired) electrons. The molecule has 1 rings (SSSR count). The molecule has 0 bridgehead atoms. The zero-order valence-electron chi connectivity index (χ0n) is 17.4. The zero-order valence-corrected chi connectivity index (χ0v) is 17.4. The van der Waals surface area contributed by atoms with Crippen molar-refractivity contribution in [2.45, 2.75) is 97.1 Å². The summed E-state index contributed by atoms with van der Waals surface area (Å²) in [4.78, 5) is 15.5.